The lowest BCUT2D eigenvalue weighted by Gasteiger charge is -2.31. The Kier molecular flexibility index (Phi) is 3.94. The number of aromatic nitrogens is 2. The SMILES string of the molecule is Cc1cn([C@H]2O[C@](CO)(C(F)(F)F)C(O)C2O)c(=O)[nH]c1=O. The van der Waals surface area contributed by atoms with Crippen molar-refractivity contribution in [1.82, 2.24) is 9.55 Å². The number of halogens is 3. The Balaban J connectivity index is 2.54. The van der Waals surface area contributed by atoms with E-state index in [4.69, 9.17) is 5.11 Å². The third-order valence-electron chi connectivity index (χ3n) is 3.56. The first kappa shape index (κ1) is 16.7. The van der Waals surface area contributed by atoms with Gasteiger partial charge in [-0.3, -0.25) is 14.3 Å². The fourth-order valence-corrected chi connectivity index (χ4v) is 2.24. The maximum Gasteiger partial charge on any atom is 0.422 e. The first-order chi connectivity index (χ1) is 10.0. The number of alkyl halides is 3. The summed E-state index contributed by atoms with van der Waals surface area (Å²) in [4.78, 5) is 24.8. The molecule has 0 amide bonds. The van der Waals surface area contributed by atoms with Crippen molar-refractivity contribution in [3.63, 3.8) is 0 Å². The molecule has 1 aromatic rings. The van der Waals surface area contributed by atoms with Crippen molar-refractivity contribution in [3.8, 4) is 0 Å². The van der Waals surface area contributed by atoms with Crippen molar-refractivity contribution >= 4 is 0 Å². The van der Waals surface area contributed by atoms with Gasteiger partial charge in [0, 0.05) is 11.8 Å². The molecule has 124 valence electrons. The summed E-state index contributed by atoms with van der Waals surface area (Å²) in [6, 6.07) is 0. The Morgan fingerprint density at radius 1 is 1.41 bits per heavy atom. The molecule has 4 N–H and O–H groups in total. The van der Waals surface area contributed by atoms with Crippen LogP contribution in [-0.2, 0) is 4.74 Å². The van der Waals surface area contributed by atoms with Gasteiger partial charge in [0.05, 0.1) is 6.61 Å². The highest BCUT2D eigenvalue weighted by molar-refractivity contribution is 5.08. The molecule has 1 fully saturated rings. The summed E-state index contributed by atoms with van der Waals surface area (Å²) in [5.41, 5.74) is -5.32. The smallest absolute Gasteiger partial charge is 0.393 e. The minimum absolute atomic E-state index is 0.0154. The van der Waals surface area contributed by atoms with E-state index in [9.17, 15) is 33.0 Å². The van der Waals surface area contributed by atoms with Crippen molar-refractivity contribution in [2.75, 3.05) is 6.61 Å². The van der Waals surface area contributed by atoms with E-state index in [1.165, 1.54) is 6.92 Å². The third-order valence-corrected chi connectivity index (χ3v) is 3.56. The second-order valence-corrected chi connectivity index (χ2v) is 4.97. The number of H-pyrrole nitrogens is 1. The average molecular weight is 326 g/mol. The molecule has 22 heavy (non-hydrogen) atoms. The molecule has 11 heteroatoms. The van der Waals surface area contributed by atoms with Gasteiger partial charge < -0.3 is 20.1 Å². The van der Waals surface area contributed by atoms with Gasteiger partial charge >= 0.3 is 11.9 Å². The second kappa shape index (κ2) is 5.19. The molecule has 8 nitrogen and oxygen atoms in total. The van der Waals surface area contributed by atoms with Gasteiger partial charge in [-0.1, -0.05) is 0 Å². The predicted molar refractivity (Wildman–Crippen MR) is 64.1 cm³/mol. The van der Waals surface area contributed by atoms with Crippen molar-refractivity contribution in [3.05, 3.63) is 32.6 Å². The summed E-state index contributed by atoms with van der Waals surface area (Å²) in [5.74, 6) is 0. The summed E-state index contributed by atoms with van der Waals surface area (Å²) in [6.07, 6.45) is -10.9. The zero-order chi connectivity index (χ0) is 16.9. The summed E-state index contributed by atoms with van der Waals surface area (Å²) in [7, 11) is 0. The van der Waals surface area contributed by atoms with Crippen LogP contribution in [0.25, 0.3) is 0 Å². The monoisotopic (exact) mass is 326 g/mol. The Hall–Kier alpha value is -1.69. The maximum absolute atomic E-state index is 13.1. The van der Waals surface area contributed by atoms with Crippen LogP contribution < -0.4 is 11.2 Å². The number of nitrogens with zero attached hydrogens (tertiary/aromatic N) is 1. The van der Waals surface area contributed by atoms with Crippen LogP contribution in [0.2, 0.25) is 0 Å². The zero-order valence-corrected chi connectivity index (χ0v) is 11.2. The molecule has 1 saturated heterocycles. The highest BCUT2D eigenvalue weighted by Gasteiger charge is 2.69. The molecule has 1 aliphatic heterocycles. The van der Waals surface area contributed by atoms with Crippen LogP contribution in [0.1, 0.15) is 11.8 Å². The van der Waals surface area contributed by atoms with E-state index >= 15 is 0 Å². The Bertz CT molecular complexity index is 684. The van der Waals surface area contributed by atoms with E-state index in [0.29, 0.717) is 4.57 Å². The minimum atomic E-state index is -5.20. The van der Waals surface area contributed by atoms with Gasteiger partial charge in [-0.2, -0.15) is 13.2 Å². The fraction of sp³-hybridized carbons (Fsp3) is 0.636. The van der Waals surface area contributed by atoms with Crippen molar-refractivity contribution < 1.29 is 33.2 Å². The molecule has 2 rings (SSSR count). The summed E-state index contributed by atoms with van der Waals surface area (Å²) in [5, 5.41) is 28.4. The Morgan fingerprint density at radius 2 is 2.00 bits per heavy atom. The molecule has 0 radical (unpaired) electrons. The largest absolute Gasteiger partial charge is 0.422 e. The first-order valence-corrected chi connectivity index (χ1v) is 6.09. The Morgan fingerprint density at radius 3 is 2.45 bits per heavy atom. The Labute approximate surface area is 120 Å². The maximum atomic E-state index is 13.1. The average Bonchev–Trinajstić information content (AvgIpc) is 2.67. The molecule has 0 aliphatic carbocycles. The molecule has 4 atom stereocenters. The summed E-state index contributed by atoms with van der Waals surface area (Å²) < 4.78 is 44.4. The van der Waals surface area contributed by atoms with Crippen LogP contribution in [-0.4, -0.2) is 55.5 Å². The number of aliphatic hydroxyl groups excluding tert-OH is 3. The molecule has 1 aromatic heterocycles. The van der Waals surface area contributed by atoms with Gasteiger partial charge in [0.15, 0.2) is 6.23 Å². The second-order valence-electron chi connectivity index (χ2n) is 4.97. The molecule has 0 spiro atoms. The van der Waals surface area contributed by atoms with Crippen LogP contribution >= 0.6 is 0 Å². The van der Waals surface area contributed by atoms with Crippen molar-refractivity contribution in [1.29, 1.82) is 0 Å². The molecule has 0 bridgehead atoms. The van der Waals surface area contributed by atoms with Gasteiger partial charge in [-0.15, -0.1) is 0 Å². The van der Waals surface area contributed by atoms with E-state index in [1.54, 1.807) is 0 Å². The van der Waals surface area contributed by atoms with E-state index in [2.05, 4.69) is 4.74 Å². The van der Waals surface area contributed by atoms with Gasteiger partial charge in [-0.25, -0.2) is 4.79 Å². The minimum Gasteiger partial charge on any atom is -0.393 e. The van der Waals surface area contributed by atoms with Crippen LogP contribution in [0.3, 0.4) is 0 Å². The number of hydrogen-bond acceptors (Lipinski definition) is 6. The van der Waals surface area contributed by atoms with Crippen LogP contribution in [0.15, 0.2) is 15.8 Å². The zero-order valence-electron chi connectivity index (χ0n) is 11.2. The van der Waals surface area contributed by atoms with Gasteiger partial charge in [0.2, 0.25) is 5.60 Å². The lowest BCUT2D eigenvalue weighted by atomic mass is 9.95. The van der Waals surface area contributed by atoms with E-state index < -0.39 is 48.1 Å². The quantitative estimate of drug-likeness (QED) is 0.518. The van der Waals surface area contributed by atoms with E-state index in [-0.39, 0.29) is 5.56 Å². The highest BCUT2D eigenvalue weighted by Crippen LogP contribution is 2.46. The fourth-order valence-electron chi connectivity index (χ4n) is 2.24. The number of hydrogen-bond donors (Lipinski definition) is 4. The number of aliphatic hydroxyl groups is 3. The van der Waals surface area contributed by atoms with E-state index in [1.807, 2.05) is 4.98 Å². The van der Waals surface area contributed by atoms with Gasteiger partial charge in [-0.05, 0) is 6.92 Å². The lowest BCUT2D eigenvalue weighted by molar-refractivity contribution is -0.306. The summed E-state index contributed by atoms with van der Waals surface area (Å²) in [6.45, 7) is -0.363. The molecule has 2 heterocycles. The number of aromatic amines is 1. The molecule has 0 saturated carbocycles. The third kappa shape index (κ3) is 2.26. The molecule has 0 aromatic carbocycles. The van der Waals surface area contributed by atoms with Gasteiger partial charge in [0.25, 0.3) is 5.56 Å². The highest BCUT2D eigenvalue weighted by atomic mass is 19.4. The topological polar surface area (TPSA) is 125 Å². The molecule has 2 unspecified atom stereocenters. The van der Waals surface area contributed by atoms with Crippen molar-refractivity contribution in [2.45, 2.75) is 37.1 Å². The van der Waals surface area contributed by atoms with Crippen LogP contribution in [0.4, 0.5) is 13.2 Å². The van der Waals surface area contributed by atoms with Crippen molar-refractivity contribution in [2.24, 2.45) is 0 Å². The first-order valence-electron chi connectivity index (χ1n) is 6.09. The van der Waals surface area contributed by atoms with Gasteiger partial charge in [0.1, 0.15) is 12.2 Å². The standard InChI is InChI=1S/C11H13F3N2O6/c1-4-2-16(9(21)15-7(4)20)8-5(18)6(19)10(3-17,22-8)11(12,13)14/h2,5-6,8,17-19H,3H2,1H3,(H,15,20,21)/t5?,6?,8-,10-/m0/s1. The summed E-state index contributed by atoms with van der Waals surface area (Å²) >= 11 is 0. The molecule has 1 aliphatic rings. The molecular formula is C11H13F3N2O6. The number of aryl methyl sites for hydroxylation is 1. The predicted octanol–water partition coefficient (Wildman–Crippen LogP) is -1.61. The van der Waals surface area contributed by atoms with Crippen LogP contribution in [0, 0.1) is 6.92 Å². The van der Waals surface area contributed by atoms with E-state index in [0.717, 1.165) is 6.20 Å². The number of ether oxygens (including phenoxy) is 1. The van der Waals surface area contributed by atoms with Crippen LogP contribution in [0.5, 0.6) is 0 Å². The lowest BCUT2D eigenvalue weighted by Crippen LogP contribution is -2.57. The molecular weight excluding hydrogens is 313 g/mol. The number of nitrogens with one attached hydrogen (secondary N) is 1. The number of rotatable bonds is 2. The normalized spacial score (nSPS) is 32.4.